The van der Waals surface area contributed by atoms with Crippen LogP contribution in [0, 0.1) is 11.7 Å². The predicted molar refractivity (Wildman–Crippen MR) is 57.4 cm³/mol. The molecular formula is C12H16FNO. The van der Waals surface area contributed by atoms with Crippen LogP contribution in [0.15, 0.2) is 18.2 Å². The monoisotopic (exact) mass is 209 g/mol. The molecule has 0 saturated heterocycles. The Hall–Kier alpha value is -1.09. The van der Waals surface area contributed by atoms with Gasteiger partial charge in [-0.15, -0.1) is 0 Å². The van der Waals surface area contributed by atoms with E-state index in [2.05, 4.69) is 5.32 Å². The third-order valence-corrected chi connectivity index (χ3v) is 2.71. The highest BCUT2D eigenvalue weighted by Crippen LogP contribution is 2.27. The highest BCUT2D eigenvalue weighted by molar-refractivity contribution is 5.30. The second kappa shape index (κ2) is 4.62. The number of hydrogen-bond donors (Lipinski definition) is 1. The van der Waals surface area contributed by atoms with Crippen molar-refractivity contribution in [3.8, 4) is 5.75 Å². The third-order valence-electron chi connectivity index (χ3n) is 2.71. The van der Waals surface area contributed by atoms with E-state index in [1.54, 1.807) is 12.1 Å². The summed E-state index contributed by atoms with van der Waals surface area (Å²) in [4.78, 5) is 0. The molecule has 0 unspecified atom stereocenters. The maximum absolute atomic E-state index is 13.6. The quantitative estimate of drug-likeness (QED) is 0.803. The number of ether oxygens (including phenoxy) is 1. The van der Waals surface area contributed by atoms with Crippen LogP contribution in [0.25, 0.3) is 0 Å². The van der Waals surface area contributed by atoms with Gasteiger partial charge in [-0.1, -0.05) is 12.1 Å². The summed E-state index contributed by atoms with van der Waals surface area (Å²) in [6.07, 6.45) is 2.63. The van der Waals surface area contributed by atoms with Crippen molar-refractivity contribution in [1.29, 1.82) is 0 Å². The third kappa shape index (κ3) is 2.69. The van der Waals surface area contributed by atoms with Crippen molar-refractivity contribution in [1.82, 2.24) is 5.32 Å². The average molecular weight is 209 g/mol. The number of methoxy groups -OCH3 is 1. The number of hydrogen-bond acceptors (Lipinski definition) is 2. The van der Waals surface area contributed by atoms with Gasteiger partial charge in [-0.3, -0.25) is 0 Å². The Morgan fingerprint density at radius 3 is 2.93 bits per heavy atom. The average Bonchev–Trinajstić information content (AvgIpc) is 3.04. The summed E-state index contributed by atoms with van der Waals surface area (Å²) >= 11 is 0. The molecule has 2 nitrogen and oxygen atoms in total. The zero-order valence-electron chi connectivity index (χ0n) is 8.92. The fraction of sp³-hybridized carbons (Fsp3) is 0.500. The van der Waals surface area contributed by atoms with Gasteiger partial charge in [-0.25, -0.2) is 4.39 Å². The summed E-state index contributed by atoms with van der Waals surface area (Å²) in [5.41, 5.74) is 0.676. The molecule has 0 radical (unpaired) electrons. The molecule has 0 heterocycles. The Morgan fingerprint density at radius 1 is 1.47 bits per heavy atom. The molecule has 0 atom stereocenters. The smallest absolute Gasteiger partial charge is 0.169 e. The molecule has 1 saturated carbocycles. The van der Waals surface area contributed by atoms with Crippen LogP contribution in [0.4, 0.5) is 4.39 Å². The number of benzene rings is 1. The lowest BCUT2D eigenvalue weighted by Gasteiger charge is -2.08. The first kappa shape index (κ1) is 10.4. The summed E-state index contributed by atoms with van der Waals surface area (Å²) in [5.74, 6) is 0.891. The molecule has 1 aliphatic rings. The van der Waals surface area contributed by atoms with Gasteiger partial charge in [0.25, 0.3) is 0 Å². The first-order valence-corrected chi connectivity index (χ1v) is 5.33. The van der Waals surface area contributed by atoms with E-state index in [1.165, 1.54) is 20.0 Å². The van der Waals surface area contributed by atoms with E-state index in [-0.39, 0.29) is 5.82 Å². The van der Waals surface area contributed by atoms with E-state index in [0.29, 0.717) is 17.9 Å². The van der Waals surface area contributed by atoms with Crippen molar-refractivity contribution in [2.75, 3.05) is 13.7 Å². The highest BCUT2D eigenvalue weighted by Gasteiger charge is 2.20. The summed E-state index contributed by atoms with van der Waals surface area (Å²) < 4.78 is 18.6. The minimum atomic E-state index is -0.247. The SMILES string of the molecule is COc1cccc(CNCC2CC2)c1F. The van der Waals surface area contributed by atoms with E-state index >= 15 is 0 Å². The van der Waals surface area contributed by atoms with E-state index in [4.69, 9.17) is 4.74 Å². The summed E-state index contributed by atoms with van der Waals surface area (Å²) in [6.45, 7) is 1.58. The molecule has 2 rings (SSSR count). The van der Waals surface area contributed by atoms with Crippen molar-refractivity contribution in [2.45, 2.75) is 19.4 Å². The van der Waals surface area contributed by atoms with Crippen molar-refractivity contribution >= 4 is 0 Å². The van der Waals surface area contributed by atoms with Gasteiger partial charge in [-0.05, 0) is 31.4 Å². The number of rotatable bonds is 5. The van der Waals surface area contributed by atoms with Gasteiger partial charge in [0.05, 0.1) is 7.11 Å². The van der Waals surface area contributed by atoms with E-state index in [9.17, 15) is 4.39 Å². The number of halogens is 1. The summed E-state index contributed by atoms with van der Waals surface area (Å²) in [7, 11) is 1.49. The largest absolute Gasteiger partial charge is 0.494 e. The van der Waals surface area contributed by atoms with Gasteiger partial charge >= 0.3 is 0 Å². The molecule has 3 heteroatoms. The van der Waals surface area contributed by atoms with Crippen LogP contribution in [-0.4, -0.2) is 13.7 Å². The van der Waals surface area contributed by atoms with E-state index in [1.807, 2.05) is 6.07 Å². The van der Waals surface area contributed by atoms with Crippen LogP contribution in [0.1, 0.15) is 18.4 Å². The Bertz CT molecular complexity index is 336. The zero-order chi connectivity index (χ0) is 10.7. The lowest BCUT2D eigenvalue weighted by molar-refractivity contribution is 0.383. The maximum atomic E-state index is 13.6. The molecule has 1 aromatic carbocycles. The highest BCUT2D eigenvalue weighted by atomic mass is 19.1. The standard InChI is InChI=1S/C12H16FNO/c1-15-11-4-2-3-10(12(11)13)8-14-7-9-5-6-9/h2-4,9,14H,5-8H2,1H3. The molecule has 82 valence electrons. The summed E-state index contributed by atoms with van der Waals surface area (Å²) in [5, 5.41) is 3.26. The normalized spacial score (nSPS) is 15.3. The van der Waals surface area contributed by atoms with Gasteiger partial charge in [0.15, 0.2) is 11.6 Å². The van der Waals surface area contributed by atoms with Crippen molar-refractivity contribution in [2.24, 2.45) is 5.92 Å². The van der Waals surface area contributed by atoms with Gasteiger partial charge in [0.1, 0.15) is 0 Å². The van der Waals surface area contributed by atoms with Gasteiger partial charge in [0.2, 0.25) is 0 Å². The van der Waals surface area contributed by atoms with Crippen LogP contribution in [0.3, 0.4) is 0 Å². The minimum absolute atomic E-state index is 0.247. The predicted octanol–water partition coefficient (Wildman–Crippen LogP) is 2.33. The number of nitrogens with one attached hydrogen (secondary N) is 1. The fourth-order valence-corrected chi connectivity index (χ4v) is 1.58. The molecule has 0 spiro atoms. The van der Waals surface area contributed by atoms with Crippen LogP contribution in [-0.2, 0) is 6.54 Å². The van der Waals surface area contributed by atoms with Crippen LogP contribution in [0.5, 0.6) is 5.75 Å². The van der Waals surface area contributed by atoms with Crippen LogP contribution >= 0.6 is 0 Å². The van der Waals surface area contributed by atoms with Crippen molar-refractivity contribution in [3.63, 3.8) is 0 Å². The Kier molecular flexibility index (Phi) is 3.21. The maximum Gasteiger partial charge on any atom is 0.169 e. The molecule has 1 fully saturated rings. The molecule has 15 heavy (non-hydrogen) atoms. The molecule has 0 bridgehead atoms. The topological polar surface area (TPSA) is 21.3 Å². The lowest BCUT2D eigenvalue weighted by atomic mass is 10.2. The van der Waals surface area contributed by atoms with Crippen molar-refractivity contribution < 1.29 is 9.13 Å². The minimum Gasteiger partial charge on any atom is -0.494 e. The Morgan fingerprint density at radius 2 is 2.27 bits per heavy atom. The molecule has 1 aliphatic carbocycles. The molecule has 1 aromatic rings. The molecule has 1 N–H and O–H groups in total. The van der Waals surface area contributed by atoms with E-state index in [0.717, 1.165) is 12.5 Å². The van der Waals surface area contributed by atoms with Crippen LogP contribution < -0.4 is 10.1 Å². The molecular weight excluding hydrogens is 193 g/mol. The first-order valence-electron chi connectivity index (χ1n) is 5.33. The Labute approximate surface area is 89.4 Å². The molecule has 0 amide bonds. The van der Waals surface area contributed by atoms with Gasteiger partial charge in [0, 0.05) is 12.1 Å². The lowest BCUT2D eigenvalue weighted by Crippen LogP contribution is -2.17. The molecule has 0 aromatic heterocycles. The Balaban J connectivity index is 1.93. The van der Waals surface area contributed by atoms with Gasteiger partial charge < -0.3 is 10.1 Å². The van der Waals surface area contributed by atoms with Crippen LogP contribution in [0.2, 0.25) is 0 Å². The fourth-order valence-electron chi connectivity index (χ4n) is 1.58. The second-order valence-corrected chi connectivity index (χ2v) is 4.01. The summed E-state index contributed by atoms with van der Waals surface area (Å²) in [6, 6.07) is 5.24. The zero-order valence-corrected chi connectivity index (χ0v) is 8.92. The first-order chi connectivity index (χ1) is 7.31. The molecule has 0 aliphatic heterocycles. The van der Waals surface area contributed by atoms with E-state index < -0.39 is 0 Å². The second-order valence-electron chi connectivity index (χ2n) is 4.01. The van der Waals surface area contributed by atoms with Crippen molar-refractivity contribution in [3.05, 3.63) is 29.6 Å². The van der Waals surface area contributed by atoms with Gasteiger partial charge in [-0.2, -0.15) is 0 Å².